The average Bonchev–Trinajstić information content (AvgIpc) is 3.45. The van der Waals surface area contributed by atoms with Crippen molar-refractivity contribution in [3.63, 3.8) is 0 Å². The van der Waals surface area contributed by atoms with Crippen molar-refractivity contribution in [2.45, 2.75) is 12.0 Å². The van der Waals surface area contributed by atoms with Gasteiger partial charge < -0.3 is 18.9 Å². The Morgan fingerprint density at radius 1 is 1.11 bits per heavy atom. The van der Waals surface area contributed by atoms with Gasteiger partial charge in [0.05, 0.1) is 12.0 Å². The Hall–Kier alpha value is -3.45. The van der Waals surface area contributed by atoms with Gasteiger partial charge in [0.1, 0.15) is 11.2 Å². The van der Waals surface area contributed by atoms with Crippen molar-refractivity contribution in [2.75, 3.05) is 13.6 Å². The fourth-order valence-corrected chi connectivity index (χ4v) is 3.54. The van der Waals surface area contributed by atoms with Crippen LogP contribution >= 0.6 is 0 Å². The molecular weight excluding hydrogens is 358 g/mol. The van der Waals surface area contributed by atoms with Crippen molar-refractivity contribution in [3.05, 3.63) is 60.6 Å². The molecule has 1 aliphatic heterocycles. The minimum atomic E-state index is -1.65. The second-order valence-electron chi connectivity index (χ2n) is 6.99. The van der Waals surface area contributed by atoms with Crippen molar-refractivity contribution in [2.24, 2.45) is 0 Å². The molecule has 1 atom stereocenters. The van der Waals surface area contributed by atoms with Crippen molar-refractivity contribution < 1.29 is 18.8 Å². The van der Waals surface area contributed by atoms with E-state index in [1.807, 2.05) is 42.5 Å². The van der Waals surface area contributed by atoms with E-state index in [0.717, 1.165) is 27.9 Å². The number of likely N-dealkylation sites (tertiary alicyclic amines) is 1. The number of likely N-dealkylation sites (N-methyl/N-ethyl adjacent to an activating group) is 1. The maximum Gasteiger partial charge on any atom is 0.262 e. The van der Waals surface area contributed by atoms with Crippen molar-refractivity contribution >= 4 is 17.0 Å². The Morgan fingerprint density at radius 3 is 2.71 bits per heavy atom. The summed E-state index contributed by atoms with van der Waals surface area (Å²) in [6.45, 7) is 0.475. The average molecular weight is 375 g/mol. The van der Waals surface area contributed by atoms with Crippen LogP contribution in [0.5, 0.6) is 0 Å². The Balaban J connectivity index is 1.50. The van der Waals surface area contributed by atoms with Crippen LogP contribution in [0.4, 0.5) is 0 Å². The van der Waals surface area contributed by atoms with Gasteiger partial charge in [-0.15, -0.1) is 0 Å². The third kappa shape index (κ3) is 2.51. The van der Waals surface area contributed by atoms with E-state index in [2.05, 4.69) is 10.1 Å². The highest BCUT2D eigenvalue weighted by atomic mass is 16.5. The SMILES string of the molecule is CN1CCC(O)(c2cc(-c3cccc(-c4ccc5occc5n4)c3)no2)C1=O. The van der Waals surface area contributed by atoms with Gasteiger partial charge in [-0.2, -0.15) is 0 Å². The van der Waals surface area contributed by atoms with Gasteiger partial charge >= 0.3 is 0 Å². The third-order valence-electron chi connectivity index (χ3n) is 5.19. The van der Waals surface area contributed by atoms with Crippen molar-refractivity contribution in [1.82, 2.24) is 15.0 Å². The number of nitrogens with zero attached hydrogens (tertiary/aromatic N) is 3. The molecule has 1 aliphatic rings. The van der Waals surface area contributed by atoms with E-state index in [4.69, 9.17) is 8.94 Å². The van der Waals surface area contributed by atoms with E-state index < -0.39 is 5.60 Å². The number of pyridine rings is 1. The Bertz CT molecular complexity index is 1200. The van der Waals surface area contributed by atoms with Crippen LogP contribution in [-0.4, -0.2) is 39.6 Å². The lowest BCUT2D eigenvalue weighted by atomic mass is 9.97. The second-order valence-corrected chi connectivity index (χ2v) is 6.99. The summed E-state index contributed by atoms with van der Waals surface area (Å²) in [6, 6.07) is 14.9. The number of aliphatic hydroxyl groups is 1. The van der Waals surface area contributed by atoms with Crippen LogP contribution in [0.25, 0.3) is 33.6 Å². The van der Waals surface area contributed by atoms with Crippen LogP contribution < -0.4 is 0 Å². The van der Waals surface area contributed by atoms with Crippen LogP contribution in [0.15, 0.2) is 63.7 Å². The lowest BCUT2D eigenvalue weighted by Gasteiger charge is -2.16. The smallest absolute Gasteiger partial charge is 0.262 e. The minimum Gasteiger partial charge on any atom is -0.463 e. The van der Waals surface area contributed by atoms with Gasteiger partial charge in [0, 0.05) is 43.3 Å². The van der Waals surface area contributed by atoms with E-state index >= 15 is 0 Å². The molecular formula is C21H17N3O4. The fraction of sp³-hybridized carbons (Fsp3) is 0.190. The predicted octanol–water partition coefficient (Wildman–Crippen LogP) is 3.20. The molecule has 4 heterocycles. The fourth-order valence-electron chi connectivity index (χ4n) is 3.54. The highest BCUT2D eigenvalue weighted by molar-refractivity contribution is 5.88. The Morgan fingerprint density at radius 2 is 1.93 bits per heavy atom. The van der Waals surface area contributed by atoms with E-state index in [1.54, 1.807) is 19.4 Å². The molecule has 140 valence electrons. The summed E-state index contributed by atoms with van der Waals surface area (Å²) in [5, 5.41) is 14.8. The zero-order chi connectivity index (χ0) is 19.3. The molecule has 0 radical (unpaired) electrons. The number of furan rings is 1. The highest BCUT2D eigenvalue weighted by Gasteiger charge is 2.48. The number of amides is 1. The molecule has 1 amide bonds. The number of carbonyl (C=O) groups is 1. The van der Waals surface area contributed by atoms with Gasteiger partial charge in [0.2, 0.25) is 5.60 Å². The van der Waals surface area contributed by atoms with Crippen LogP contribution in [0.1, 0.15) is 12.2 Å². The van der Waals surface area contributed by atoms with E-state index in [9.17, 15) is 9.90 Å². The number of hydrogen-bond donors (Lipinski definition) is 1. The molecule has 0 spiro atoms. The molecule has 0 aliphatic carbocycles. The molecule has 1 saturated heterocycles. The first kappa shape index (κ1) is 16.7. The molecule has 1 aromatic carbocycles. The third-order valence-corrected chi connectivity index (χ3v) is 5.19. The molecule has 3 aromatic heterocycles. The van der Waals surface area contributed by atoms with Gasteiger partial charge in [-0.25, -0.2) is 4.98 Å². The second kappa shape index (κ2) is 6.03. The first-order chi connectivity index (χ1) is 13.5. The lowest BCUT2D eigenvalue weighted by Crippen LogP contribution is -2.35. The molecule has 0 bridgehead atoms. The molecule has 5 rings (SSSR count). The molecule has 28 heavy (non-hydrogen) atoms. The van der Waals surface area contributed by atoms with Crippen molar-refractivity contribution in [3.8, 4) is 22.5 Å². The summed E-state index contributed by atoms with van der Waals surface area (Å²) in [6.07, 6.45) is 1.90. The quantitative estimate of drug-likeness (QED) is 0.591. The molecule has 1 N–H and O–H groups in total. The largest absolute Gasteiger partial charge is 0.463 e. The highest BCUT2D eigenvalue weighted by Crippen LogP contribution is 2.35. The van der Waals surface area contributed by atoms with Crippen LogP contribution in [-0.2, 0) is 10.4 Å². The molecule has 1 fully saturated rings. The summed E-state index contributed by atoms with van der Waals surface area (Å²) in [4.78, 5) is 18.4. The van der Waals surface area contributed by atoms with Gasteiger partial charge in [-0.3, -0.25) is 4.79 Å². The Kier molecular flexibility index (Phi) is 3.60. The number of rotatable bonds is 3. The molecule has 7 nitrogen and oxygen atoms in total. The monoisotopic (exact) mass is 375 g/mol. The van der Waals surface area contributed by atoms with Crippen LogP contribution in [0, 0.1) is 0 Å². The first-order valence-electron chi connectivity index (χ1n) is 8.95. The van der Waals surface area contributed by atoms with Gasteiger partial charge in [0.25, 0.3) is 5.91 Å². The summed E-state index contributed by atoms with van der Waals surface area (Å²) in [5.74, 6) is -0.207. The maximum absolute atomic E-state index is 12.3. The van der Waals surface area contributed by atoms with Gasteiger partial charge in [0.15, 0.2) is 11.3 Å². The summed E-state index contributed by atoms with van der Waals surface area (Å²) >= 11 is 0. The van der Waals surface area contributed by atoms with Crippen LogP contribution in [0.2, 0.25) is 0 Å². The molecule has 0 saturated carbocycles. The zero-order valence-corrected chi connectivity index (χ0v) is 15.1. The van der Waals surface area contributed by atoms with Crippen LogP contribution in [0.3, 0.4) is 0 Å². The van der Waals surface area contributed by atoms with E-state index in [0.29, 0.717) is 12.2 Å². The topological polar surface area (TPSA) is 92.6 Å². The molecule has 7 heteroatoms. The normalized spacial score (nSPS) is 19.6. The van der Waals surface area contributed by atoms with E-state index in [-0.39, 0.29) is 18.1 Å². The summed E-state index contributed by atoms with van der Waals surface area (Å²) < 4.78 is 10.7. The summed E-state index contributed by atoms with van der Waals surface area (Å²) in [5.41, 5.74) is 2.97. The zero-order valence-electron chi connectivity index (χ0n) is 15.1. The summed E-state index contributed by atoms with van der Waals surface area (Å²) in [7, 11) is 1.66. The number of hydrogen-bond acceptors (Lipinski definition) is 6. The first-order valence-corrected chi connectivity index (χ1v) is 8.95. The number of fused-ring (bicyclic) bond motifs is 1. The maximum atomic E-state index is 12.3. The number of benzene rings is 1. The lowest BCUT2D eigenvalue weighted by molar-refractivity contribution is -0.144. The van der Waals surface area contributed by atoms with Gasteiger partial charge in [-0.1, -0.05) is 23.4 Å². The predicted molar refractivity (Wildman–Crippen MR) is 101 cm³/mol. The Labute approximate surface area is 160 Å². The van der Waals surface area contributed by atoms with E-state index in [1.165, 1.54) is 4.90 Å². The molecule has 1 unspecified atom stereocenters. The number of aromatic nitrogens is 2. The number of carbonyl (C=O) groups excluding carboxylic acids is 1. The molecule has 4 aromatic rings. The van der Waals surface area contributed by atoms with Gasteiger partial charge in [-0.05, 0) is 18.2 Å². The van der Waals surface area contributed by atoms with Crippen molar-refractivity contribution in [1.29, 1.82) is 0 Å². The standard InChI is InChI=1S/C21H17N3O4/c1-24-9-8-21(26,20(24)25)19-12-17(23-28-19)14-4-2-3-13(11-14)15-5-6-18-16(22-15)7-10-27-18/h2-7,10-12,26H,8-9H2,1H3. The minimum absolute atomic E-state index is 0.167.